The minimum atomic E-state index is -0.241. The average Bonchev–Trinajstić information content (AvgIpc) is 2.60. The summed E-state index contributed by atoms with van der Waals surface area (Å²) in [6.45, 7) is 3.67. The molecule has 1 aliphatic rings. The molecule has 2 unspecified atom stereocenters. The van der Waals surface area contributed by atoms with E-state index in [-0.39, 0.29) is 24.2 Å². The van der Waals surface area contributed by atoms with Crippen molar-refractivity contribution in [2.24, 2.45) is 0 Å². The smallest absolute Gasteiger partial charge is 0.322 e. The number of carbonyl (C=O) groups is 1. The largest absolute Gasteiger partial charge is 0.468 e. The number of esters is 1. The van der Waals surface area contributed by atoms with Crippen molar-refractivity contribution in [3.8, 4) is 0 Å². The van der Waals surface area contributed by atoms with E-state index in [2.05, 4.69) is 16.6 Å². The van der Waals surface area contributed by atoms with E-state index in [1.165, 1.54) is 7.11 Å². The summed E-state index contributed by atoms with van der Waals surface area (Å²) in [7, 11) is 3.05. The third kappa shape index (κ3) is 2.33. The first-order valence-corrected chi connectivity index (χ1v) is 4.70. The van der Waals surface area contributed by atoms with Crippen LogP contribution in [-0.4, -0.2) is 38.4 Å². The maximum Gasteiger partial charge on any atom is 0.322 e. The molecular formula is C10H17NO3. The van der Waals surface area contributed by atoms with Crippen LogP contribution in [0.15, 0.2) is 12.7 Å². The van der Waals surface area contributed by atoms with Gasteiger partial charge in [0.2, 0.25) is 0 Å². The zero-order valence-corrected chi connectivity index (χ0v) is 8.66. The molecule has 1 heterocycles. The van der Waals surface area contributed by atoms with Crippen molar-refractivity contribution < 1.29 is 14.3 Å². The molecule has 0 aromatic carbocycles. The molecular weight excluding hydrogens is 182 g/mol. The van der Waals surface area contributed by atoms with E-state index >= 15 is 0 Å². The van der Waals surface area contributed by atoms with Crippen LogP contribution in [0.3, 0.4) is 0 Å². The summed E-state index contributed by atoms with van der Waals surface area (Å²) < 4.78 is 9.95. The second-order valence-corrected chi connectivity index (χ2v) is 3.38. The lowest BCUT2D eigenvalue weighted by Crippen LogP contribution is -2.37. The van der Waals surface area contributed by atoms with Crippen molar-refractivity contribution in [1.29, 1.82) is 0 Å². The van der Waals surface area contributed by atoms with Gasteiger partial charge in [-0.3, -0.25) is 10.1 Å². The summed E-state index contributed by atoms with van der Waals surface area (Å²) in [5.41, 5.74) is 0. The first-order chi connectivity index (χ1) is 6.72. The van der Waals surface area contributed by atoms with Gasteiger partial charge in [-0.15, -0.1) is 6.58 Å². The highest BCUT2D eigenvalue weighted by Crippen LogP contribution is 2.19. The molecule has 4 heteroatoms. The fourth-order valence-corrected chi connectivity index (χ4v) is 1.80. The number of carbonyl (C=O) groups excluding carboxylic acids is 1. The molecule has 80 valence electrons. The van der Waals surface area contributed by atoms with Crippen LogP contribution in [0.25, 0.3) is 0 Å². The van der Waals surface area contributed by atoms with Gasteiger partial charge in [0, 0.05) is 19.6 Å². The molecule has 1 N–H and O–H groups in total. The molecule has 0 amide bonds. The van der Waals surface area contributed by atoms with Crippen molar-refractivity contribution in [3.05, 3.63) is 12.7 Å². The predicted octanol–water partition coefficient (Wildman–Crippen LogP) is 0.481. The third-order valence-electron chi connectivity index (χ3n) is 2.54. The first kappa shape index (κ1) is 11.2. The maximum atomic E-state index is 11.3. The molecule has 1 rings (SSSR count). The van der Waals surface area contributed by atoms with Crippen molar-refractivity contribution >= 4 is 5.97 Å². The Hall–Kier alpha value is -0.870. The Labute approximate surface area is 84.3 Å². The van der Waals surface area contributed by atoms with Gasteiger partial charge in [0.25, 0.3) is 0 Å². The minimum absolute atomic E-state index is 0.0668. The number of ether oxygens (including phenoxy) is 2. The van der Waals surface area contributed by atoms with Gasteiger partial charge < -0.3 is 9.47 Å². The van der Waals surface area contributed by atoms with Crippen LogP contribution in [0.1, 0.15) is 12.8 Å². The molecule has 0 saturated carbocycles. The molecule has 0 radical (unpaired) electrons. The van der Waals surface area contributed by atoms with Crippen LogP contribution in [0, 0.1) is 0 Å². The molecule has 0 spiro atoms. The van der Waals surface area contributed by atoms with Crippen LogP contribution in [-0.2, 0) is 14.3 Å². The maximum absolute atomic E-state index is 11.3. The Morgan fingerprint density at radius 1 is 1.64 bits per heavy atom. The van der Waals surface area contributed by atoms with Crippen LogP contribution in [0.5, 0.6) is 0 Å². The second kappa shape index (κ2) is 5.12. The lowest BCUT2D eigenvalue weighted by atomic mass is 10.1. The number of nitrogens with one attached hydrogen (secondary N) is 1. The van der Waals surface area contributed by atoms with E-state index in [9.17, 15) is 4.79 Å². The molecule has 0 aliphatic carbocycles. The quantitative estimate of drug-likeness (QED) is 0.528. The first-order valence-electron chi connectivity index (χ1n) is 4.70. The van der Waals surface area contributed by atoms with E-state index in [0.29, 0.717) is 6.42 Å². The van der Waals surface area contributed by atoms with Gasteiger partial charge in [-0.1, -0.05) is 6.08 Å². The Morgan fingerprint density at radius 2 is 2.36 bits per heavy atom. The zero-order chi connectivity index (χ0) is 10.6. The summed E-state index contributed by atoms with van der Waals surface area (Å²) >= 11 is 0. The van der Waals surface area contributed by atoms with Gasteiger partial charge in [0.05, 0.1) is 13.2 Å². The molecule has 0 aromatic rings. The molecule has 0 aromatic heterocycles. The number of hydrogen-bond acceptors (Lipinski definition) is 4. The van der Waals surface area contributed by atoms with Crippen LogP contribution in [0.2, 0.25) is 0 Å². The Morgan fingerprint density at radius 3 is 2.86 bits per heavy atom. The number of methoxy groups -OCH3 is 2. The number of rotatable bonds is 4. The van der Waals surface area contributed by atoms with E-state index in [1.807, 2.05) is 6.08 Å². The van der Waals surface area contributed by atoms with Crippen molar-refractivity contribution in [1.82, 2.24) is 5.32 Å². The molecule has 3 atom stereocenters. The van der Waals surface area contributed by atoms with Gasteiger partial charge in [-0.25, -0.2) is 0 Å². The molecule has 0 bridgehead atoms. The van der Waals surface area contributed by atoms with Crippen LogP contribution in [0.4, 0.5) is 0 Å². The Bertz CT molecular complexity index is 217. The van der Waals surface area contributed by atoms with Crippen LogP contribution >= 0.6 is 0 Å². The van der Waals surface area contributed by atoms with Crippen LogP contribution < -0.4 is 5.32 Å². The predicted molar refractivity (Wildman–Crippen MR) is 53.0 cm³/mol. The van der Waals surface area contributed by atoms with Gasteiger partial charge >= 0.3 is 5.97 Å². The highest BCUT2D eigenvalue weighted by molar-refractivity contribution is 5.76. The summed E-state index contributed by atoms with van der Waals surface area (Å²) in [5, 5.41) is 3.17. The van der Waals surface area contributed by atoms with E-state index in [4.69, 9.17) is 4.74 Å². The van der Waals surface area contributed by atoms with Gasteiger partial charge in [0.1, 0.15) is 6.04 Å². The SMILES string of the molecule is C=CCC1N[C@@H](C(=O)OC)CC1OC. The summed E-state index contributed by atoms with van der Waals surface area (Å²) in [6, 6.07) is -0.0727. The fourth-order valence-electron chi connectivity index (χ4n) is 1.80. The highest BCUT2D eigenvalue weighted by Gasteiger charge is 2.37. The second-order valence-electron chi connectivity index (χ2n) is 3.38. The highest BCUT2D eigenvalue weighted by atomic mass is 16.5. The zero-order valence-electron chi connectivity index (χ0n) is 8.66. The lowest BCUT2D eigenvalue weighted by Gasteiger charge is -2.15. The van der Waals surface area contributed by atoms with Crippen molar-refractivity contribution in [3.63, 3.8) is 0 Å². The van der Waals surface area contributed by atoms with Gasteiger partial charge in [-0.2, -0.15) is 0 Å². The molecule has 1 saturated heterocycles. The topological polar surface area (TPSA) is 47.6 Å². The molecule has 1 aliphatic heterocycles. The van der Waals surface area contributed by atoms with E-state index < -0.39 is 0 Å². The minimum Gasteiger partial charge on any atom is -0.468 e. The standard InChI is InChI=1S/C10H17NO3/c1-4-5-7-9(13-2)6-8(11-7)10(12)14-3/h4,7-9,11H,1,5-6H2,2-3H3/t7?,8-,9?/m1/s1. The molecule has 14 heavy (non-hydrogen) atoms. The Kier molecular flexibility index (Phi) is 4.10. The summed E-state index contributed by atoms with van der Waals surface area (Å²) in [4.78, 5) is 11.3. The molecule has 1 fully saturated rings. The Balaban J connectivity index is 2.55. The number of hydrogen-bond donors (Lipinski definition) is 1. The molecule has 4 nitrogen and oxygen atoms in total. The third-order valence-corrected chi connectivity index (χ3v) is 2.54. The van der Waals surface area contributed by atoms with Crippen molar-refractivity contribution in [2.75, 3.05) is 14.2 Å². The van der Waals surface area contributed by atoms with Gasteiger partial charge in [0.15, 0.2) is 0 Å². The monoisotopic (exact) mass is 199 g/mol. The summed E-state index contributed by atoms with van der Waals surface area (Å²) in [5.74, 6) is -0.224. The van der Waals surface area contributed by atoms with E-state index in [0.717, 1.165) is 6.42 Å². The normalized spacial score (nSPS) is 31.4. The summed E-state index contributed by atoms with van der Waals surface area (Å²) in [6.07, 6.45) is 3.36. The van der Waals surface area contributed by atoms with E-state index in [1.54, 1.807) is 7.11 Å². The fraction of sp³-hybridized carbons (Fsp3) is 0.700. The average molecular weight is 199 g/mol. The van der Waals surface area contributed by atoms with Crippen molar-refractivity contribution in [2.45, 2.75) is 31.0 Å². The lowest BCUT2D eigenvalue weighted by molar-refractivity contribution is -0.142. The van der Waals surface area contributed by atoms with Gasteiger partial charge in [-0.05, 0) is 6.42 Å².